The minimum absolute atomic E-state index is 0.0949. The zero-order chi connectivity index (χ0) is 27.2. The number of imidazole rings is 1. The summed E-state index contributed by atoms with van der Waals surface area (Å²) in [5, 5.41) is 0. The second-order valence-electron chi connectivity index (χ2n) is 11.0. The van der Waals surface area contributed by atoms with Crippen molar-refractivity contribution < 1.29 is 9.18 Å². The number of amides is 1. The number of hydrogen-bond donors (Lipinski definition) is 1. The van der Waals surface area contributed by atoms with E-state index < -0.39 is 6.04 Å². The minimum atomic E-state index is -0.581. The summed E-state index contributed by atoms with van der Waals surface area (Å²) in [6.45, 7) is 2.68. The number of nitrogens with one attached hydrogen (secondary N) is 1. The Bertz CT molecular complexity index is 1670. The van der Waals surface area contributed by atoms with Gasteiger partial charge in [0.1, 0.15) is 23.2 Å². The number of carbonyl (C=O) groups excluding carboxylic acids is 1. The first-order valence-electron chi connectivity index (χ1n) is 13.8. The molecule has 0 spiro atoms. The number of piperidine rings is 1. The van der Waals surface area contributed by atoms with Gasteiger partial charge in [0.05, 0.1) is 0 Å². The van der Waals surface area contributed by atoms with E-state index in [4.69, 9.17) is 4.98 Å². The lowest BCUT2D eigenvalue weighted by atomic mass is 9.88. The zero-order valence-electron chi connectivity index (χ0n) is 22.3. The summed E-state index contributed by atoms with van der Waals surface area (Å²) in [7, 11) is 2.18. The van der Waals surface area contributed by atoms with Gasteiger partial charge < -0.3 is 14.8 Å². The molecule has 2 aromatic heterocycles. The van der Waals surface area contributed by atoms with Crippen molar-refractivity contribution >= 4 is 17.1 Å². The molecular formula is C33H30FN5O. The van der Waals surface area contributed by atoms with E-state index in [0.29, 0.717) is 40.6 Å². The Labute approximate surface area is 232 Å². The zero-order valence-corrected chi connectivity index (χ0v) is 22.3. The van der Waals surface area contributed by atoms with Gasteiger partial charge in [-0.2, -0.15) is 0 Å². The lowest BCUT2D eigenvalue weighted by Gasteiger charge is -2.29. The van der Waals surface area contributed by atoms with Gasteiger partial charge in [0.2, 0.25) is 0 Å². The van der Waals surface area contributed by atoms with Crippen LogP contribution in [0.4, 0.5) is 4.39 Å². The third-order valence-electron chi connectivity index (χ3n) is 8.38. The SMILES string of the molecule is CN1CCC(c2ccc(-c3ccc4c(c3)C(=O)N(C(c3cccc(F)c3)c3nc5cccnc5[nH]3)C4)cc2)CC1. The maximum absolute atomic E-state index is 14.4. The Balaban J connectivity index is 1.20. The third-order valence-corrected chi connectivity index (χ3v) is 8.38. The fourth-order valence-electron chi connectivity index (χ4n) is 6.16. The highest BCUT2D eigenvalue weighted by molar-refractivity contribution is 6.00. The van der Waals surface area contributed by atoms with Gasteiger partial charge in [-0.3, -0.25) is 4.79 Å². The highest BCUT2D eigenvalue weighted by Gasteiger charge is 2.36. The summed E-state index contributed by atoms with van der Waals surface area (Å²) in [6.07, 6.45) is 4.07. The number of aromatic amines is 1. The minimum Gasteiger partial charge on any atom is -0.325 e. The van der Waals surface area contributed by atoms with Crippen LogP contribution in [0.15, 0.2) is 85.1 Å². The van der Waals surface area contributed by atoms with Crippen LogP contribution >= 0.6 is 0 Å². The molecule has 1 amide bonds. The van der Waals surface area contributed by atoms with E-state index in [1.807, 2.05) is 30.3 Å². The molecule has 5 aromatic rings. The van der Waals surface area contributed by atoms with Crippen molar-refractivity contribution in [2.45, 2.75) is 31.3 Å². The quantitative estimate of drug-likeness (QED) is 0.288. The maximum Gasteiger partial charge on any atom is 0.255 e. The van der Waals surface area contributed by atoms with Gasteiger partial charge in [-0.15, -0.1) is 0 Å². The van der Waals surface area contributed by atoms with Gasteiger partial charge in [-0.1, -0.05) is 48.5 Å². The van der Waals surface area contributed by atoms with E-state index in [1.165, 1.54) is 30.5 Å². The molecule has 1 unspecified atom stereocenters. The van der Waals surface area contributed by atoms with Crippen molar-refractivity contribution in [3.05, 3.63) is 119 Å². The van der Waals surface area contributed by atoms with Gasteiger partial charge in [0.15, 0.2) is 5.65 Å². The number of pyridine rings is 1. The molecule has 1 atom stereocenters. The highest BCUT2D eigenvalue weighted by atomic mass is 19.1. The van der Waals surface area contributed by atoms with Gasteiger partial charge >= 0.3 is 0 Å². The van der Waals surface area contributed by atoms with E-state index in [1.54, 1.807) is 17.2 Å². The normalized spacial score (nSPS) is 16.9. The van der Waals surface area contributed by atoms with Crippen LogP contribution in [-0.2, 0) is 6.54 Å². The van der Waals surface area contributed by atoms with Crippen molar-refractivity contribution in [3.8, 4) is 11.1 Å². The van der Waals surface area contributed by atoms with E-state index in [-0.39, 0.29) is 11.7 Å². The fourth-order valence-corrected chi connectivity index (χ4v) is 6.16. The molecule has 40 heavy (non-hydrogen) atoms. The van der Waals surface area contributed by atoms with E-state index in [0.717, 1.165) is 29.8 Å². The summed E-state index contributed by atoms with van der Waals surface area (Å²) in [5.41, 5.74) is 7.11. The molecule has 0 aliphatic carbocycles. The fraction of sp³-hybridized carbons (Fsp3) is 0.242. The summed E-state index contributed by atoms with van der Waals surface area (Å²) >= 11 is 0. The predicted molar refractivity (Wildman–Crippen MR) is 153 cm³/mol. The van der Waals surface area contributed by atoms with Gasteiger partial charge in [0.25, 0.3) is 5.91 Å². The Morgan fingerprint density at radius 1 is 0.950 bits per heavy atom. The standard InChI is InChI=1S/C33H30FN5O/c1-38-16-13-23(14-17-38)21-7-9-22(10-8-21)24-11-12-26-20-39(33(40)28(26)19-24)30(25-4-2-5-27(34)18-25)32-36-29-6-3-15-35-31(29)37-32/h2-12,15,18-19,23,30H,13-14,16-17,20H2,1H3,(H,35,36,37). The van der Waals surface area contributed by atoms with Crippen LogP contribution in [0, 0.1) is 5.82 Å². The van der Waals surface area contributed by atoms with Crippen molar-refractivity contribution in [3.63, 3.8) is 0 Å². The molecule has 1 fully saturated rings. The van der Waals surface area contributed by atoms with Crippen LogP contribution in [-0.4, -0.2) is 50.8 Å². The molecule has 0 saturated carbocycles. The number of aromatic nitrogens is 3. The van der Waals surface area contributed by atoms with E-state index in [9.17, 15) is 9.18 Å². The summed E-state index contributed by atoms with van der Waals surface area (Å²) in [6, 6.07) is 24.4. The number of halogens is 1. The molecule has 4 heterocycles. The van der Waals surface area contributed by atoms with Crippen molar-refractivity contribution in [1.82, 2.24) is 24.8 Å². The molecule has 7 rings (SSSR count). The van der Waals surface area contributed by atoms with Crippen LogP contribution in [0.1, 0.15) is 57.7 Å². The number of hydrogen-bond acceptors (Lipinski definition) is 4. The lowest BCUT2D eigenvalue weighted by Crippen LogP contribution is -2.30. The maximum atomic E-state index is 14.4. The Kier molecular flexibility index (Phi) is 6.16. The van der Waals surface area contributed by atoms with Gasteiger partial charge in [0, 0.05) is 18.3 Å². The largest absolute Gasteiger partial charge is 0.325 e. The molecule has 0 bridgehead atoms. The van der Waals surface area contributed by atoms with Crippen molar-refractivity contribution in [2.24, 2.45) is 0 Å². The number of likely N-dealkylation sites (tertiary alicyclic amines) is 1. The summed E-state index contributed by atoms with van der Waals surface area (Å²) in [4.78, 5) is 30.5. The predicted octanol–water partition coefficient (Wildman–Crippen LogP) is 6.32. The first kappa shape index (κ1) is 24.7. The van der Waals surface area contributed by atoms with Crippen LogP contribution in [0.25, 0.3) is 22.3 Å². The van der Waals surface area contributed by atoms with E-state index >= 15 is 0 Å². The second-order valence-corrected chi connectivity index (χ2v) is 11.0. The van der Waals surface area contributed by atoms with Gasteiger partial charge in [-0.05, 0) is 97.0 Å². The monoisotopic (exact) mass is 531 g/mol. The molecule has 6 nitrogen and oxygen atoms in total. The molecular weight excluding hydrogens is 501 g/mol. The number of nitrogens with zero attached hydrogens (tertiary/aromatic N) is 4. The van der Waals surface area contributed by atoms with Gasteiger partial charge in [-0.25, -0.2) is 14.4 Å². The number of carbonyl (C=O) groups is 1. The molecule has 2 aliphatic rings. The van der Waals surface area contributed by atoms with Crippen molar-refractivity contribution in [1.29, 1.82) is 0 Å². The number of rotatable bonds is 5. The number of H-pyrrole nitrogens is 1. The molecule has 2 aliphatic heterocycles. The lowest BCUT2D eigenvalue weighted by molar-refractivity contribution is 0.0725. The van der Waals surface area contributed by atoms with E-state index in [2.05, 4.69) is 52.2 Å². The van der Waals surface area contributed by atoms with Crippen LogP contribution < -0.4 is 0 Å². The molecule has 7 heteroatoms. The molecule has 0 radical (unpaired) electrons. The molecule has 1 N–H and O–H groups in total. The average Bonchev–Trinajstić information content (AvgIpc) is 3.54. The summed E-state index contributed by atoms with van der Waals surface area (Å²) in [5.74, 6) is 0.716. The van der Waals surface area contributed by atoms with Crippen LogP contribution in [0.5, 0.6) is 0 Å². The summed E-state index contributed by atoms with van der Waals surface area (Å²) < 4.78 is 14.4. The van der Waals surface area contributed by atoms with Crippen LogP contribution in [0.3, 0.4) is 0 Å². The number of fused-ring (bicyclic) bond motifs is 2. The van der Waals surface area contributed by atoms with Crippen molar-refractivity contribution in [2.75, 3.05) is 20.1 Å². The first-order chi connectivity index (χ1) is 19.5. The Hall–Kier alpha value is -4.36. The molecule has 200 valence electrons. The highest BCUT2D eigenvalue weighted by Crippen LogP contribution is 2.37. The number of benzene rings is 3. The molecule has 1 saturated heterocycles. The Morgan fingerprint density at radius 3 is 2.52 bits per heavy atom. The average molecular weight is 532 g/mol. The topological polar surface area (TPSA) is 65.1 Å². The van der Waals surface area contributed by atoms with Crippen LogP contribution in [0.2, 0.25) is 0 Å². The Morgan fingerprint density at radius 2 is 1.75 bits per heavy atom. The smallest absolute Gasteiger partial charge is 0.255 e. The second kappa shape index (κ2) is 9.99. The molecule has 3 aromatic carbocycles. The third kappa shape index (κ3) is 4.46. The first-order valence-corrected chi connectivity index (χ1v) is 13.8.